The monoisotopic (exact) mass is 257 g/mol. The molecule has 4 atom stereocenters. The molecule has 0 bridgehead atoms. The third-order valence-electron chi connectivity index (χ3n) is 2.97. The van der Waals surface area contributed by atoms with Crippen molar-refractivity contribution < 1.29 is 20.1 Å². The van der Waals surface area contributed by atoms with E-state index in [1.54, 1.807) is 6.92 Å². The fraction of sp³-hybridized carbons (Fsp3) is 0.600. The van der Waals surface area contributed by atoms with Gasteiger partial charge in [0.1, 0.15) is 24.1 Å². The third-order valence-corrected chi connectivity index (χ3v) is 2.97. The molecule has 0 aromatic carbocycles. The van der Waals surface area contributed by atoms with Crippen molar-refractivity contribution >= 4 is 5.82 Å². The van der Waals surface area contributed by atoms with E-state index in [0.717, 1.165) is 4.57 Å². The average molecular weight is 257 g/mol. The maximum Gasteiger partial charge on any atom is 0.351 e. The number of aliphatic hydroxyl groups is 3. The van der Waals surface area contributed by atoms with E-state index in [4.69, 9.17) is 15.6 Å². The third kappa shape index (κ3) is 1.99. The van der Waals surface area contributed by atoms with Gasteiger partial charge in [-0.2, -0.15) is 4.98 Å². The van der Waals surface area contributed by atoms with E-state index in [0.29, 0.717) is 5.56 Å². The molecule has 8 heteroatoms. The number of rotatable bonds is 2. The first-order valence-electron chi connectivity index (χ1n) is 5.43. The molecule has 2 rings (SSSR count). The molecule has 3 unspecified atom stereocenters. The summed E-state index contributed by atoms with van der Waals surface area (Å²) in [5, 5.41) is 28.4. The molecule has 1 saturated heterocycles. The summed E-state index contributed by atoms with van der Waals surface area (Å²) in [6, 6.07) is 0. The van der Waals surface area contributed by atoms with Crippen LogP contribution < -0.4 is 11.4 Å². The first kappa shape index (κ1) is 13.0. The highest BCUT2D eigenvalue weighted by atomic mass is 16.6. The normalized spacial score (nSPS) is 31.8. The van der Waals surface area contributed by atoms with E-state index in [1.807, 2.05) is 0 Å². The zero-order valence-corrected chi connectivity index (χ0v) is 9.72. The van der Waals surface area contributed by atoms with Gasteiger partial charge in [-0.3, -0.25) is 4.57 Å². The van der Waals surface area contributed by atoms with Crippen molar-refractivity contribution in [3.8, 4) is 0 Å². The lowest BCUT2D eigenvalue weighted by molar-refractivity contribution is -0.0550. The summed E-state index contributed by atoms with van der Waals surface area (Å²) < 4.78 is 6.28. The Bertz CT molecular complexity index is 503. The Kier molecular flexibility index (Phi) is 3.35. The lowest BCUT2D eigenvalue weighted by atomic mass is 10.1. The van der Waals surface area contributed by atoms with Crippen LogP contribution in [0, 0.1) is 6.92 Å². The van der Waals surface area contributed by atoms with Crippen LogP contribution in [0.3, 0.4) is 0 Å². The van der Waals surface area contributed by atoms with Crippen molar-refractivity contribution in [1.82, 2.24) is 9.55 Å². The van der Waals surface area contributed by atoms with Gasteiger partial charge in [-0.15, -0.1) is 0 Å². The van der Waals surface area contributed by atoms with Crippen molar-refractivity contribution in [2.75, 3.05) is 12.3 Å². The van der Waals surface area contributed by atoms with Gasteiger partial charge in [-0.1, -0.05) is 0 Å². The lowest BCUT2D eigenvalue weighted by Gasteiger charge is -2.17. The number of hydrogen-bond donors (Lipinski definition) is 4. The molecular weight excluding hydrogens is 242 g/mol. The number of hydrogen-bond acceptors (Lipinski definition) is 7. The van der Waals surface area contributed by atoms with Crippen molar-refractivity contribution in [1.29, 1.82) is 0 Å². The summed E-state index contributed by atoms with van der Waals surface area (Å²) in [4.78, 5) is 15.2. The maximum absolute atomic E-state index is 11.7. The molecule has 100 valence electrons. The molecule has 1 fully saturated rings. The van der Waals surface area contributed by atoms with Crippen molar-refractivity contribution in [3.63, 3.8) is 0 Å². The van der Waals surface area contributed by atoms with E-state index in [1.165, 1.54) is 6.20 Å². The highest BCUT2D eigenvalue weighted by Gasteiger charge is 2.43. The number of anilines is 1. The Morgan fingerprint density at radius 1 is 1.50 bits per heavy atom. The minimum atomic E-state index is -1.32. The Morgan fingerprint density at radius 3 is 2.72 bits per heavy atom. The van der Waals surface area contributed by atoms with Crippen LogP contribution in [-0.4, -0.2) is 49.8 Å². The first-order chi connectivity index (χ1) is 8.45. The van der Waals surface area contributed by atoms with Crippen LogP contribution in [0.5, 0.6) is 0 Å². The molecule has 2 heterocycles. The standard InChI is InChI=1S/C10H15N3O5/c1-4-2-13(10(17)12-8(4)11)9-7(16)6(15)5(3-14)18-9/h2,5-7,9,14-16H,3H2,1H3,(H2,11,12,17)/t5?,6-,7?,9?/m1/s1. The predicted molar refractivity (Wildman–Crippen MR) is 60.7 cm³/mol. The van der Waals surface area contributed by atoms with Crippen LogP contribution >= 0.6 is 0 Å². The fourth-order valence-electron chi connectivity index (χ4n) is 1.87. The summed E-state index contributed by atoms with van der Waals surface area (Å²) in [6.07, 6.45) is -3.20. The second kappa shape index (κ2) is 4.65. The number of nitrogens with two attached hydrogens (primary N) is 1. The molecule has 1 aliphatic heterocycles. The lowest BCUT2D eigenvalue weighted by Crippen LogP contribution is -2.36. The number of ether oxygens (including phenoxy) is 1. The van der Waals surface area contributed by atoms with Crippen molar-refractivity contribution in [3.05, 3.63) is 22.2 Å². The molecule has 1 aliphatic rings. The van der Waals surface area contributed by atoms with E-state index >= 15 is 0 Å². The van der Waals surface area contributed by atoms with Gasteiger partial charge in [0.05, 0.1) is 6.61 Å². The highest BCUT2D eigenvalue weighted by Crippen LogP contribution is 2.28. The smallest absolute Gasteiger partial charge is 0.351 e. The van der Waals surface area contributed by atoms with Gasteiger partial charge in [-0.05, 0) is 6.92 Å². The highest BCUT2D eigenvalue weighted by molar-refractivity contribution is 5.35. The average Bonchev–Trinajstić information content (AvgIpc) is 2.61. The van der Waals surface area contributed by atoms with E-state index < -0.39 is 36.8 Å². The van der Waals surface area contributed by atoms with Crippen molar-refractivity contribution in [2.45, 2.75) is 31.5 Å². The molecule has 1 aromatic heterocycles. The van der Waals surface area contributed by atoms with Crippen LogP contribution in [0.2, 0.25) is 0 Å². The molecule has 0 saturated carbocycles. The quantitative estimate of drug-likeness (QED) is 0.470. The van der Waals surface area contributed by atoms with Gasteiger partial charge in [0.25, 0.3) is 0 Å². The van der Waals surface area contributed by atoms with Gasteiger partial charge in [0.2, 0.25) is 0 Å². The van der Waals surface area contributed by atoms with Gasteiger partial charge in [0.15, 0.2) is 6.23 Å². The van der Waals surface area contributed by atoms with Crippen molar-refractivity contribution in [2.24, 2.45) is 0 Å². The largest absolute Gasteiger partial charge is 0.394 e. The summed E-state index contributed by atoms with van der Waals surface area (Å²) >= 11 is 0. The maximum atomic E-state index is 11.7. The van der Waals surface area contributed by atoms with Gasteiger partial charge >= 0.3 is 5.69 Å². The Balaban J connectivity index is 2.39. The second-order valence-corrected chi connectivity index (χ2v) is 4.23. The molecule has 0 aliphatic carbocycles. The molecule has 18 heavy (non-hydrogen) atoms. The molecule has 1 aromatic rings. The summed E-state index contributed by atoms with van der Waals surface area (Å²) in [6.45, 7) is 1.20. The van der Waals surface area contributed by atoms with Gasteiger partial charge in [0, 0.05) is 11.8 Å². The van der Waals surface area contributed by atoms with Crippen LogP contribution in [0.1, 0.15) is 11.8 Å². The molecule has 0 amide bonds. The number of nitrogens with zero attached hydrogens (tertiary/aromatic N) is 2. The summed E-state index contributed by atoms with van der Waals surface area (Å²) in [7, 11) is 0. The fourth-order valence-corrected chi connectivity index (χ4v) is 1.87. The minimum Gasteiger partial charge on any atom is -0.394 e. The van der Waals surface area contributed by atoms with Gasteiger partial charge < -0.3 is 25.8 Å². The van der Waals surface area contributed by atoms with Crippen LogP contribution in [0.25, 0.3) is 0 Å². The van der Waals surface area contributed by atoms with E-state index in [2.05, 4.69) is 4.98 Å². The number of aliphatic hydroxyl groups excluding tert-OH is 3. The minimum absolute atomic E-state index is 0.1000. The van der Waals surface area contributed by atoms with E-state index in [-0.39, 0.29) is 5.82 Å². The number of aryl methyl sites for hydroxylation is 1. The molecular formula is C10H15N3O5. The van der Waals surface area contributed by atoms with Gasteiger partial charge in [-0.25, -0.2) is 4.79 Å². The second-order valence-electron chi connectivity index (χ2n) is 4.23. The Hall–Kier alpha value is -1.48. The number of aromatic nitrogens is 2. The molecule has 0 radical (unpaired) electrons. The molecule has 5 N–H and O–H groups in total. The summed E-state index contributed by atoms with van der Waals surface area (Å²) in [5.41, 5.74) is 5.35. The molecule has 0 spiro atoms. The van der Waals surface area contributed by atoms with Crippen LogP contribution in [0.4, 0.5) is 5.82 Å². The summed E-state index contributed by atoms with van der Waals surface area (Å²) in [5.74, 6) is 0.1000. The Labute approximate surface area is 102 Å². The molecule has 8 nitrogen and oxygen atoms in total. The SMILES string of the molecule is Cc1cn(C2OC(CO)[C@@H](O)C2O)c(=O)nc1N. The topological polar surface area (TPSA) is 131 Å². The van der Waals surface area contributed by atoms with Crippen LogP contribution in [-0.2, 0) is 4.74 Å². The zero-order valence-electron chi connectivity index (χ0n) is 9.72. The van der Waals surface area contributed by atoms with E-state index in [9.17, 15) is 15.0 Å². The first-order valence-corrected chi connectivity index (χ1v) is 5.43. The number of nitrogen functional groups attached to an aromatic ring is 1. The van der Waals surface area contributed by atoms with Crippen LogP contribution in [0.15, 0.2) is 11.0 Å². The Morgan fingerprint density at radius 2 is 2.17 bits per heavy atom. The zero-order chi connectivity index (χ0) is 13.4. The predicted octanol–water partition coefficient (Wildman–Crippen LogP) is -2.25.